The second-order valence-corrected chi connectivity index (χ2v) is 13.0. The summed E-state index contributed by atoms with van der Waals surface area (Å²) < 4.78 is 0. The number of para-hydroxylation sites is 1. The van der Waals surface area contributed by atoms with Crippen molar-refractivity contribution in [1.29, 1.82) is 0 Å². The van der Waals surface area contributed by atoms with E-state index < -0.39 is 66.4 Å². The van der Waals surface area contributed by atoms with Crippen LogP contribution in [0.15, 0.2) is 60.8 Å². The Kier molecular flexibility index (Phi) is 9.95. The molecule has 5 atom stereocenters. The minimum atomic E-state index is -1.16. The fraction of sp³-hybridized carbons (Fsp3) is 0.429. The zero-order valence-corrected chi connectivity index (χ0v) is 27.3. The molecule has 0 saturated carbocycles. The summed E-state index contributed by atoms with van der Waals surface area (Å²) in [5.41, 5.74) is 2.25. The van der Waals surface area contributed by atoms with Crippen LogP contribution in [0, 0.1) is 0 Å². The number of rotatable bonds is 5. The van der Waals surface area contributed by atoms with E-state index in [4.69, 9.17) is 0 Å². The fourth-order valence-corrected chi connectivity index (χ4v) is 6.84. The van der Waals surface area contributed by atoms with Crippen LogP contribution in [0.3, 0.4) is 0 Å². The molecular formula is C35H41N7O7. The highest BCUT2D eigenvalue weighted by atomic mass is 16.3. The molecule has 3 aromatic rings. The van der Waals surface area contributed by atoms with Gasteiger partial charge in [0, 0.05) is 56.0 Å². The Morgan fingerprint density at radius 2 is 1.67 bits per heavy atom. The largest absolute Gasteiger partial charge is 0.391 e. The molecular weight excluding hydrogens is 630 g/mol. The molecule has 0 bridgehead atoms. The smallest absolute Gasteiger partial charge is 0.246 e. The van der Waals surface area contributed by atoms with Gasteiger partial charge in [0.25, 0.3) is 0 Å². The van der Waals surface area contributed by atoms with Gasteiger partial charge in [-0.3, -0.25) is 28.8 Å². The molecule has 4 heterocycles. The highest BCUT2D eigenvalue weighted by Crippen LogP contribution is 2.24. The predicted octanol–water partition coefficient (Wildman–Crippen LogP) is -0.0162. The maximum Gasteiger partial charge on any atom is 0.246 e. The number of benzene rings is 2. The Morgan fingerprint density at radius 1 is 0.918 bits per heavy atom. The molecule has 0 unspecified atom stereocenters. The molecule has 6 rings (SSSR count). The zero-order chi connectivity index (χ0) is 34.7. The minimum absolute atomic E-state index is 0.0379. The Bertz CT molecular complexity index is 1740. The number of amides is 6. The molecule has 3 saturated heterocycles. The summed E-state index contributed by atoms with van der Waals surface area (Å²) in [4.78, 5) is 88.6. The van der Waals surface area contributed by atoms with Crippen molar-refractivity contribution in [1.82, 2.24) is 35.6 Å². The number of aromatic amines is 1. The number of H-pyrrole nitrogens is 1. The molecule has 0 radical (unpaired) electrons. The van der Waals surface area contributed by atoms with Crippen molar-refractivity contribution in [3.63, 3.8) is 0 Å². The van der Waals surface area contributed by atoms with E-state index in [1.807, 2.05) is 30.3 Å². The van der Waals surface area contributed by atoms with Crippen LogP contribution < -0.4 is 16.0 Å². The first kappa shape index (κ1) is 33.7. The van der Waals surface area contributed by atoms with Crippen molar-refractivity contribution >= 4 is 46.3 Å². The maximum absolute atomic E-state index is 14.2. The molecule has 14 heteroatoms. The number of aliphatic hydroxyl groups excluding tert-OH is 1. The predicted molar refractivity (Wildman–Crippen MR) is 177 cm³/mol. The number of fused-ring (bicyclic) bond motifs is 2. The van der Waals surface area contributed by atoms with Crippen LogP contribution in [-0.4, -0.2) is 117 Å². The van der Waals surface area contributed by atoms with Gasteiger partial charge in [0.2, 0.25) is 35.4 Å². The zero-order valence-electron chi connectivity index (χ0n) is 27.3. The number of nitrogens with one attached hydrogen (secondary N) is 4. The van der Waals surface area contributed by atoms with E-state index in [0.29, 0.717) is 24.9 Å². The van der Waals surface area contributed by atoms with E-state index in [-0.39, 0.29) is 38.4 Å². The Morgan fingerprint density at radius 3 is 2.43 bits per heavy atom. The minimum Gasteiger partial charge on any atom is -0.391 e. The number of hydrogen-bond acceptors (Lipinski definition) is 7. The van der Waals surface area contributed by atoms with Crippen LogP contribution in [0.5, 0.6) is 0 Å². The molecule has 3 fully saturated rings. The van der Waals surface area contributed by atoms with Crippen molar-refractivity contribution in [3.8, 4) is 0 Å². The third kappa shape index (κ3) is 7.59. The van der Waals surface area contributed by atoms with E-state index in [2.05, 4.69) is 20.9 Å². The SMILES string of the molecule is C[C@@H]1NC(=O)[C@@H]2C[C@@H](O)CN2C(=O)[C@@H](Cc2c[nH]c3ccccc23)NC(=O)CN(C(=O)CN2CCCC2=O)C[C@@H](c2ccccc2)NC1=O. The first-order valence-electron chi connectivity index (χ1n) is 16.6. The summed E-state index contributed by atoms with van der Waals surface area (Å²) >= 11 is 0. The molecule has 14 nitrogen and oxygen atoms in total. The molecule has 0 aliphatic carbocycles. The topological polar surface area (TPSA) is 184 Å². The van der Waals surface area contributed by atoms with Gasteiger partial charge < -0.3 is 40.7 Å². The molecule has 1 aromatic heterocycles. The molecule has 49 heavy (non-hydrogen) atoms. The van der Waals surface area contributed by atoms with Gasteiger partial charge in [-0.15, -0.1) is 0 Å². The third-order valence-corrected chi connectivity index (χ3v) is 9.46. The second-order valence-electron chi connectivity index (χ2n) is 13.0. The van der Waals surface area contributed by atoms with Gasteiger partial charge in [-0.2, -0.15) is 0 Å². The normalized spacial score (nSPS) is 25.8. The average Bonchev–Trinajstić information content (AvgIpc) is 3.81. The number of carbonyl (C=O) groups excluding carboxylic acids is 6. The van der Waals surface area contributed by atoms with E-state index >= 15 is 0 Å². The van der Waals surface area contributed by atoms with E-state index in [1.165, 1.54) is 21.6 Å². The summed E-state index contributed by atoms with van der Waals surface area (Å²) in [6, 6.07) is 12.4. The molecule has 2 aromatic carbocycles. The van der Waals surface area contributed by atoms with E-state index in [1.54, 1.807) is 30.5 Å². The van der Waals surface area contributed by atoms with Crippen LogP contribution in [0.25, 0.3) is 10.9 Å². The molecule has 3 aliphatic heterocycles. The van der Waals surface area contributed by atoms with Gasteiger partial charge in [-0.25, -0.2) is 0 Å². The summed E-state index contributed by atoms with van der Waals surface area (Å²) in [5.74, 6) is -3.01. The second kappa shape index (κ2) is 14.5. The van der Waals surface area contributed by atoms with Gasteiger partial charge >= 0.3 is 0 Å². The van der Waals surface area contributed by atoms with Crippen LogP contribution in [0.4, 0.5) is 0 Å². The number of hydrogen-bond donors (Lipinski definition) is 5. The summed E-state index contributed by atoms with van der Waals surface area (Å²) in [5, 5.41) is 19.9. The van der Waals surface area contributed by atoms with Crippen molar-refractivity contribution in [3.05, 3.63) is 71.9 Å². The summed E-state index contributed by atoms with van der Waals surface area (Å²) in [7, 11) is 0. The lowest BCUT2D eigenvalue weighted by Gasteiger charge is -2.31. The maximum atomic E-state index is 14.2. The third-order valence-electron chi connectivity index (χ3n) is 9.46. The first-order valence-corrected chi connectivity index (χ1v) is 16.6. The molecule has 258 valence electrons. The molecule has 0 spiro atoms. The van der Waals surface area contributed by atoms with Gasteiger partial charge in [-0.05, 0) is 30.5 Å². The number of likely N-dealkylation sites (tertiary alicyclic amines) is 1. The van der Waals surface area contributed by atoms with Gasteiger partial charge in [0.1, 0.15) is 18.1 Å². The highest BCUT2D eigenvalue weighted by molar-refractivity contribution is 5.96. The Balaban J connectivity index is 1.36. The fourth-order valence-electron chi connectivity index (χ4n) is 6.84. The van der Waals surface area contributed by atoms with E-state index in [9.17, 15) is 33.9 Å². The number of aliphatic hydroxyl groups is 1. The van der Waals surface area contributed by atoms with Crippen molar-refractivity contribution in [2.45, 2.75) is 62.9 Å². The number of aromatic nitrogens is 1. The van der Waals surface area contributed by atoms with E-state index in [0.717, 1.165) is 16.5 Å². The standard InChI is InChI=1S/C35H41N7O7/c1-21-33(47)39-28(22-8-3-2-4-9-22)18-41(32(46)20-40-13-7-12-31(40)45)19-30(44)38-27(14-23-16-36-26-11-6-5-10-25(23)26)35(49)42-17-24(43)15-29(42)34(48)37-21/h2-6,8-11,16,21,24,27-29,36,43H,7,12-15,17-20H2,1H3,(H,37,48)(H,38,44)(H,39,47)/t21-,24+,27+,28-,29-/m0/s1. The lowest BCUT2D eigenvalue weighted by Crippen LogP contribution is -2.56. The Hall–Kier alpha value is -5.24. The summed E-state index contributed by atoms with van der Waals surface area (Å²) in [6.07, 6.45) is 1.76. The average molecular weight is 672 g/mol. The van der Waals surface area contributed by atoms with Gasteiger partial charge in [0.15, 0.2) is 0 Å². The number of nitrogens with zero attached hydrogens (tertiary/aromatic N) is 3. The van der Waals surface area contributed by atoms with Crippen LogP contribution >= 0.6 is 0 Å². The van der Waals surface area contributed by atoms with Gasteiger partial charge in [0.05, 0.1) is 25.2 Å². The van der Waals surface area contributed by atoms with Crippen LogP contribution in [0.2, 0.25) is 0 Å². The first-order chi connectivity index (χ1) is 23.6. The summed E-state index contributed by atoms with van der Waals surface area (Å²) in [6.45, 7) is 0.979. The Labute approximate surface area is 283 Å². The van der Waals surface area contributed by atoms with Crippen LogP contribution in [-0.2, 0) is 35.2 Å². The molecule has 6 amide bonds. The highest BCUT2D eigenvalue weighted by Gasteiger charge is 2.43. The lowest BCUT2D eigenvalue weighted by molar-refractivity contribution is -0.143. The van der Waals surface area contributed by atoms with Crippen molar-refractivity contribution in [2.75, 3.05) is 32.7 Å². The number of carbonyl (C=O) groups is 6. The monoisotopic (exact) mass is 671 g/mol. The van der Waals surface area contributed by atoms with Crippen molar-refractivity contribution < 1.29 is 33.9 Å². The molecule has 5 N–H and O–H groups in total. The quantitative estimate of drug-likeness (QED) is 0.253. The van der Waals surface area contributed by atoms with Gasteiger partial charge in [-0.1, -0.05) is 48.5 Å². The van der Waals surface area contributed by atoms with Crippen LogP contribution in [0.1, 0.15) is 43.4 Å². The lowest BCUT2D eigenvalue weighted by atomic mass is 10.0. The van der Waals surface area contributed by atoms with Crippen molar-refractivity contribution in [2.24, 2.45) is 0 Å². The molecule has 3 aliphatic rings.